The second-order valence-corrected chi connectivity index (χ2v) is 4.65. The monoisotopic (exact) mass is 313 g/mol. The molecule has 2 aromatic carbocycles. The lowest BCUT2D eigenvalue weighted by Crippen LogP contribution is -2.19. The van der Waals surface area contributed by atoms with Gasteiger partial charge in [-0.25, -0.2) is 5.43 Å². The van der Waals surface area contributed by atoms with Gasteiger partial charge in [0.05, 0.1) is 23.8 Å². The summed E-state index contributed by atoms with van der Waals surface area (Å²) in [7, 11) is 1.54. The number of nitrogens with one attached hydrogen (secondary N) is 1. The molecule has 0 saturated carbocycles. The predicted molar refractivity (Wildman–Crippen MR) is 85.9 cm³/mol. The largest absolute Gasteiger partial charge is 0.496 e. The maximum atomic E-state index is 12.1. The summed E-state index contributed by atoms with van der Waals surface area (Å²) >= 11 is 0. The van der Waals surface area contributed by atoms with Crippen molar-refractivity contribution in [1.29, 1.82) is 0 Å². The minimum atomic E-state index is -0.524. The first-order chi connectivity index (χ1) is 11.0. The molecular weight excluding hydrogens is 298 g/mol. The first-order valence-corrected chi connectivity index (χ1v) is 6.75. The zero-order valence-corrected chi connectivity index (χ0v) is 12.6. The van der Waals surface area contributed by atoms with E-state index in [0.717, 1.165) is 0 Å². The summed E-state index contributed by atoms with van der Waals surface area (Å²) in [5, 5.41) is 14.8. The van der Waals surface area contributed by atoms with Gasteiger partial charge in [-0.3, -0.25) is 14.9 Å². The average Bonchev–Trinajstić information content (AvgIpc) is 2.55. The topological polar surface area (TPSA) is 93.8 Å². The number of carbonyl (C=O) groups excluding carboxylic acids is 1. The summed E-state index contributed by atoms with van der Waals surface area (Å²) in [6.07, 6.45) is 1.45. The van der Waals surface area contributed by atoms with Crippen LogP contribution in [0.25, 0.3) is 0 Å². The lowest BCUT2D eigenvalue weighted by atomic mass is 10.1. The van der Waals surface area contributed by atoms with Gasteiger partial charge < -0.3 is 4.74 Å². The molecule has 23 heavy (non-hydrogen) atoms. The van der Waals surface area contributed by atoms with Crippen molar-refractivity contribution in [2.24, 2.45) is 5.10 Å². The van der Waals surface area contributed by atoms with Crippen molar-refractivity contribution >= 4 is 17.8 Å². The summed E-state index contributed by atoms with van der Waals surface area (Å²) < 4.78 is 5.17. The van der Waals surface area contributed by atoms with Crippen LogP contribution in [0.5, 0.6) is 5.75 Å². The second kappa shape index (κ2) is 7.17. The molecule has 0 radical (unpaired) electrons. The fourth-order valence-corrected chi connectivity index (χ4v) is 2.06. The van der Waals surface area contributed by atoms with Gasteiger partial charge in [0.15, 0.2) is 0 Å². The highest BCUT2D eigenvalue weighted by atomic mass is 16.6. The van der Waals surface area contributed by atoms with E-state index in [4.69, 9.17) is 4.74 Å². The fourth-order valence-electron chi connectivity index (χ4n) is 2.06. The van der Waals surface area contributed by atoms with Crippen molar-refractivity contribution in [2.75, 3.05) is 7.11 Å². The second-order valence-electron chi connectivity index (χ2n) is 4.65. The van der Waals surface area contributed by atoms with Gasteiger partial charge in [-0.15, -0.1) is 0 Å². The number of rotatable bonds is 5. The first kappa shape index (κ1) is 16.2. The van der Waals surface area contributed by atoms with Crippen molar-refractivity contribution in [3.63, 3.8) is 0 Å². The molecule has 0 aliphatic rings. The van der Waals surface area contributed by atoms with Crippen molar-refractivity contribution < 1.29 is 14.5 Å². The third kappa shape index (κ3) is 3.70. The van der Waals surface area contributed by atoms with Crippen LogP contribution in [0.1, 0.15) is 21.5 Å². The molecule has 0 unspecified atom stereocenters. The van der Waals surface area contributed by atoms with E-state index in [1.54, 1.807) is 12.1 Å². The van der Waals surface area contributed by atoms with Crippen molar-refractivity contribution in [3.05, 3.63) is 69.3 Å². The smallest absolute Gasteiger partial charge is 0.273 e. The highest BCUT2D eigenvalue weighted by Crippen LogP contribution is 2.21. The molecule has 0 fully saturated rings. The lowest BCUT2D eigenvalue weighted by molar-refractivity contribution is -0.385. The van der Waals surface area contributed by atoms with Crippen molar-refractivity contribution in [3.8, 4) is 5.75 Å². The maximum Gasteiger partial charge on any atom is 0.273 e. The Morgan fingerprint density at radius 2 is 2.00 bits per heavy atom. The highest BCUT2D eigenvalue weighted by Gasteiger charge is 2.17. The fraction of sp³-hybridized carbons (Fsp3) is 0.125. The molecule has 118 valence electrons. The molecule has 0 atom stereocenters. The molecule has 7 heteroatoms. The Balaban J connectivity index is 2.16. The highest BCUT2D eigenvalue weighted by molar-refractivity contribution is 5.97. The zero-order chi connectivity index (χ0) is 16.8. The quantitative estimate of drug-likeness (QED) is 0.521. The Hall–Kier alpha value is -3.22. The minimum Gasteiger partial charge on any atom is -0.496 e. The SMILES string of the molecule is COc1ccccc1/C=N\NC(=O)c1cccc([N+](=O)[O-])c1C. The number of amides is 1. The van der Waals surface area contributed by atoms with Gasteiger partial charge in [-0.2, -0.15) is 5.10 Å². The summed E-state index contributed by atoms with van der Waals surface area (Å²) in [4.78, 5) is 22.5. The molecule has 1 N–H and O–H groups in total. The first-order valence-electron chi connectivity index (χ1n) is 6.75. The van der Waals surface area contributed by atoms with E-state index < -0.39 is 10.8 Å². The molecule has 2 aromatic rings. The van der Waals surface area contributed by atoms with E-state index in [0.29, 0.717) is 16.9 Å². The summed E-state index contributed by atoms with van der Waals surface area (Å²) in [6.45, 7) is 1.52. The Morgan fingerprint density at radius 1 is 1.26 bits per heavy atom. The number of para-hydroxylation sites is 1. The van der Waals surface area contributed by atoms with Crippen molar-refractivity contribution in [2.45, 2.75) is 6.92 Å². The van der Waals surface area contributed by atoms with Crippen molar-refractivity contribution in [1.82, 2.24) is 5.43 Å². The van der Waals surface area contributed by atoms with E-state index in [2.05, 4.69) is 10.5 Å². The summed E-state index contributed by atoms with van der Waals surface area (Å²) in [5.41, 5.74) is 3.45. The van der Waals surface area contributed by atoms with Crippen LogP contribution in [0, 0.1) is 17.0 Å². The molecule has 0 aliphatic heterocycles. The van der Waals surface area contributed by atoms with Crippen LogP contribution >= 0.6 is 0 Å². The number of nitro benzene ring substituents is 1. The lowest BCUT2D eigenvalue weighted by Gasteiger charge is -2.05. The molecule has 0 spiro atoms. The Bertz CT molecular complexity index is 772. The van der Waals surface area contributed by atoms with Gasteiger partial charge in [0.2, 0.25) is 0 Å². The molecule has 0 aromatic heterocycles. The molecule has 7 nitrogen and oxygen atoms in total. The van der Waals surface area contributed by atoms with Crippen LogP contribution in [0.2, 0.25) is 0 Å². The van der Waals surface area contributed by atoms with Gasteiger partial charge >= 0.3 is 0 Å². The molecule has 0 bridgehead atoms. The molecule has 0 aliphatic carbocycles. The number of methoxy groups -OCH3 is 1. The number of nitro groups is 1. The number of carbonyl (C=O) groups is 1. The Kier molecular flexibility index (Phi) is 5.03. The van der Waals surface area contributed by atoms with Gasteiger partial charge in [-0.1, -0.05) is 18.2 Å². The molecule has 0 heterocycles. The number of hydrogen-bond acceptors (Lipinski definition) is 5. The van der Waals surface area contributed by atoms with E-state index in [1.165, 1.54) is 38.4 Å². The Morgan fingerprint density at radius 3 is 2.70 bits per heavy atom. The molecule has 1 amide bonds. The number of hydrogen-bond donors (Lipinski definition) is 1. The van der Waals surface area contributed by atoms with Crippen LogP contribution in [0.3, 0.4) is 0 Å². The van der Waals surface area contributed by atoms with E-state index in [9.17, 15) is 14.9 Å². The van der Waals surface area contributed by atoms with Gasteiger partial charge in [0.25, 0.3) is 11.6 Å². The predicted octanol–water partition coefficient (Wildman–Crippen LogP) is 2.68. The molecule has 0 saturated heterocycles. The third-order valence-corrected chi connectivity index (χ3v) is 3.26. The summed E-state index contributed by atoms with van der Waals surface area (Å²) in [6, 6.07) is 11.5. The molecular formula is C16H15N3O4. The van der Waals surface area contributed by atoms with Crippen LogP contribution in [-0.2, 0) is 0 Å². The van der Waals surface area contributed by atoms with Crippen LogP contribution in [0.15, 0.2) is 47.6 Å². The minimum absolute atomic E-state index is 0.105. The van der Waals surface area contributed by atoms with E-state index in [-0.39, 0.29) is 11.3 Å². The van der Waals surface area contributed by atoms with Crippen LogP contribution in [-0.4, -0.2) is 24.2 Å². The zero-order valence-electron chi connectivity index (χ0n) is 12.6. The maximum absolute atomic E-state index is 12.1. The van der Waals surface area contributed by atoms with E-state index >= 15 is 0 Å². The van der Waals surface area contributed by atoms with Gasteiger partial charge in [0, 0.05) is 17.2 Å². The van der Waals surface area contributed by atoms with E-state index in [1.807, 2.05) is 12.1 Å². The van der Waals surface area contributed by atoms with Gasteiger partial charge in [-0.05, 0) is 25.1 Å². The number of hydrazone groups is 1. The third-order valence-electron chi connectivity index (χ3n) is 3.26. The number of benzene rings is 2. The molecule has 2 rings (SSSR count). The standard InChI is InChI=1S/C16H15N3O4/c1-11-13(7-5-8-14(11)19(21)22)16(20)18-17-10-12-6-3-4-9-15(12)23-2/h3-10H,1-2H3,(H,18,20)/b17-10-. The number of nitrogens with zero attached hydrogens (tertiary/aromatic N) is 2. The normalized spacial score (nSPS) is 10.5. The number of ether oxygens (including phenoxy) is 1. The summed E-state index contributed by atoms with van der Waals surface area (Å²) in [5.74, 6) is 0.106. The average molecular weight is 313 g/mol. The van der Waals surface area contributed by atoms with Crippen LogP contribution in [0.4, 0.5) is 5.69 Å². The van der Waals surface area contributed by atoms with Crippen LogP contribution < -0.4 is 10.2 Å². The Labute approximate surface area is 132 Å². The van der Waals surface area contributed by atoms with Gasteiger partial charge in [0.1, 0.15) is 5.75 Å².